The van der Waals surface area contributed by atoms with Gasteiger partial charge in [0.15, 0.2) is 5.78 Å². The maximum Gasteiger partial charge on any atom is 0.159 e. The summed E-state index contributed by atoms with van der Waals surface area (Å²) in [5.41, 5.74) is 2.08. The minimum absolute atomic E-state index is 0.146. The van der Waals surface area contributed by atoms with Gasteiger partial charge in [-0.05, 0) is 25.0 Å². The predicted octanol–water partition coefficient (Wildman–Crippen LogP) is 2.84. The van der Waals surface area contributed by atoms with E-state index in [1.807, 2.05) is 18.2 Å². The molecule has 1 aromatic rings. The van der Waals surface area contributed by atoms with Crippen LogP contribution >= 0.6 is 0 Å². The van der Waals surface area contributed by atoms with Crippen LogP contribution in [0.2, 0.25) is 0 Å². The van der Waals surface area contributed by atoms with Crippen molar-refractivity contribution < 1.29 is 4.79 Å². The molecular weight excluding hydrogens is 148 g/mol. The maximum absolute atomic E-state index is 11.0. The predicted molar refractivity (Wildman–Crippen MR) is 50.4 cm³/mol. The molecule has 0 atom stereocenters. The third-order valence-electron chi connectivity index (χ3n) is 1.87. The molecule has 1 rings (SSSR count). The van der Waals surface area contributed by atoms with Crippen molar-refractivity contribution >= 4 is 5.78 Å². The van der Waals surface area contributed by atoms with Crippen LogP contribution in [0.15, 0.2) is 24.3 Å². The van der Waals surface area contributed by atoms with E-state index in [2.05, 4.69) is 13.0 Å². The second kappa shape index (κ2) is 4.05. The summed E-state index contributed by atoms with van der Waals surface area (Å²) < 4.78 is 0. The average molecular weight is 162 g/mol. The molecule has 0 radical (unpaired) electrons. The summed E-state index contributed by atoms with van der Waals surface area (Å²) in [6, 6.07) is 7.85. The first-order valence-corrected chi connectivity index (χ1v) is 4.34. The summed E-state index contributed by atoms with van der Waals surface area (Å²) >= 11 is 0. The molecule has 0 aromatic heterocycles. The molecule has 0 heterocycles. The third kappa shape index (κ3) is 2.19. The lowest BCUT2D eigenvalue weighted by Crippen LogP contribution is -1.93. The lowest BCUT2D eigenvalue weighted by atomic mass is 10.1. The highest BCUT2D eigenvalue weighted by Crippen LogP contribution is 2.07. The van der Waals surface area contributed by atoms with Crippen molar-refractivity contribution in [1.82, 2.24) is 0 Å². The fourth-order valence-electron chi connectivity index (χ4n) is 1.23. The molecule has 1 heteroatoms. The van der Waals surface area contributed by atoms with Crippen LogP contribution in [0.3, 0.4) is 0 Å². The van der Waals surface area contributed by atoms with Crippen LogP contribution in [0.4, 0.5) is 0 Å². The molecule has 0 aliphatic rings. The molecule has 0 amide bonds. The molecule has 0 aliphatic heterocycles. The average Bonchev–Trinajstić information content (AvgIpc) is 2.05. The van der Waals surface area contributed by atoms with Crippen molar-refractivity contribution in [3.05, 3.63) is 35.4 Å². The Bertz CT molecular complexity index is 276. The minimum Gasteiger partial charge on any atom is -0.295 e. The Morgan fingerprint density at radius 3 is 2.75 bits per heavy atom. The number of carbonyl (C=O) groups excluding carboxylic acids is 1. The molecule has 0 bridgehead atoms. The number of rotatable bonds is 3. The highest BCUT2D eigenvalue weighted by atomic mass is 16.1. The number of aryl methyl sites for hydroxylation is 1. The van der Waals surface area contributed by atoms with Gasteiger partial charge in [0, 0.05) is 5.56 Å². The van der Waals surface area contributed by atoms with Crippen LogP contribution in [0.25, 0.3) is 0 Å². The smallest absolute Gasteiger partial charge is 0.159 e. The first kappa shape index (κ1) is 8.98. The standard InChI is InChI=1S/C11H14O/c1-3-5-10-6-4-7-11(8-10)9(2)12/h4,6-8H,3,5H2,1-2H3. The van der Waals surface area contributed by atoms with Gasteiger partial charge >= 0.3 is 0 Å². The molecule has 0 saturated heterocycles. The quantitative estimate of drug-likeness (QED) is 0.624. The fraction of sp³-hybridized carbons (Fsp3) is 0.364. The molecule has 64 valence electrons. The molecule has 1 nitrogen and oxygen atoms in total. The van der Waals surface area contributed by atoms with E-state index in [4.69, 9.17) is 0 Å². The van der Waals surface area contributed by atoms with Gasteiger partial charge in [-0.1, -0.05) is 31.5 Å². The number of benzene rings is 1. The van der Waals surface area contributed by atoms with Crippen molar-refractivity contribution in [2.45, 2.75) is 26.7 Å². The first-order chi connectivity index (χ1) is 5.74. The van der Waals surface area contributed by atoms with E-state index in [0.717, 1.165) is 18.4 Å². The van der Waals surface area contributed by atoms with Crippen molar-refractivity contribution in [1.29, 1.82) is 0 Å². The van der Waals surface area contributed by atoms with E-state index >= 15 is 0 Å². The fourth-order valence-corrected chi connectivity index (χ4v) is 1.23. The second-order valence-electron chi connectivity index (χ2n) is 3.01. The monoisotopic (exact) mass is 162 g/mol. The number of hydrogen-bond acceptors (Lipinski definition) is 1. The SMILES string of the molecule is CCCc1cccc(C(C)=O)c1. The van der Waals surface area contributed by atoms with Crippen LogP contribution in [0.5, 0.6) is 0 Å². The first-order valence-electron chi connectivity index (χ1n) is 4.34. The largest absolute Gasteiger partial charge is 0.295 e. The van der Waals surface area contributed by atoms with Crippen molar-refractivity contribution in [2.75, 3.05) is 0 Å². The molecule has 0 saturated carbocycles. The summed E-state index contributed by atoms with van der Waals surface area (Å²) in [6.07, 6.45) is 2.18. The van der Waals surface area contributed by atoms with E-state index in [1.54, 1.807) is 6.92 Å². The van der Waals surface area contributed by atoms with Gasteiger partial charge in [-0.3, -0.25) is 4.79 Å². The summed E-state index contributed by atoms with van der Waals surface area (Å²) in [7, 11) is 0. The van der Waals surface area contributed by atoms with Crippen LogP contribution < -0.4 is 0 Å². The van der Waals surface area contributed by atoms with E-state index in [1.165, 1.54) is 5.56 Å². The number of carbonyl (C=O) groups is 1. The Kier molecular flexibility index (Phi) is 3.03. The summed E-state index contributed by atoms with van der Waals surface area (Å²) in [6.45, 7) is 3.74. The summed E-state index contributed by atoms with van der Waals surface area (Å²) in [5.74, 6) is 0.146. The van der Waals surface area contributed by atoms with Crippen LogP contribution in [-0.2, 0) is 6.42 Å². The highest BCUT2D eigenvalue weighted by Gasteiger charge is 1.98. The van der Waals surface area contributed by atoms with E-state index in [0.29, 0.717) is 0 Å². The second-order valence-corrected chi connectivity index (χ2v) is 3.01. The van der Waals surface area contributed by atoms with Crippen molar-refractivity contribution in [2.24, 2.45) is 0 Å². The Balaban J connectivity index is 2.88. The Morgan fingerprint density at radius 1 is 1.42 bits per heavy atom. The zero-order chi connectivity index (χ0) is 8.97. The summed E-state index contributed by atoms with van der Waals surface area (Å²) in [4.78, 5) is 11.0. The molecule has 0 N–H and O–H groups in total. The zero-order valence-electron chi connectivity index (χ0n) is 7.63. The van der Waals surface area contributed by atoms with Gasteiger partial charge in [0.2, 0.25) is 0 Å². The van der Waals surface area contributed by atoms with E-state index in [9.17, 15) is 4.79 Å². The zero-order valence-corrected chi connectivity index (χ0v) is 7.63. The molecule has 0 fully saturated rings. The number of Topliss-reactive ketones (excluding diaryl/α,β-unsaturated/α-hetero) is 1. The molecule has 12 heavy (non-hydrogen) atoms. The number of ketones is 1. The van der Waals surface area contributed by atoms with E-state index < -0.39 is 0 Å². The Labute approximate surface area is 73.4 Å². The highest BCUT2D eigenvalue weighted by molar-refractivity contribution is 5.94. The normalized spacial score (nSPS) is 9.83. The van der Waals surface area contributed by atoms with Crippen LogP contribution in [0.1, 0.15) is 36.2 Å². The van der Waals surface area contributed by atoms with Gasteiger partial charge in [0.05, 0.1) is 0 Å². The minimum atomic E-state index is 0.146. The number of hydrogen-bond donors (Lipinski definition) is 0. The lowest BCUT2D eigenvalue weighted by Gasteiger charge is -2.00. The van der Waals surface area contributed by atoms with Gasteiger partial charge in [0.1, 0.15) is 0 Å². The molecule has 0 spiro atoms. The van der Waals surface area contributed by atoms with Gasteiger partial charge in [0.25, 0.3) is 0 Å². The Hall–Kier alpha value is -1.11. The van der Waals surface area contributed by atoms with Crippen molar-refractivity contribution in [3.63, 3.8) is 0 Å². The molecule has 0 aliphatic carbocycles. The van der Waals surface area contributed by atoms with Crippen molar-refractivity contribution in [3.8, 4) is 0 Å². The van der Waals surface area contributed by atoms with Crippen LogP contribution in [0, 0.1) is 0 Å². The van der Waals surface area contributed by atoms with Gasteiger partial charge in [-0.2, -0.15) is 0 Å². The van der Waals surface area contributed by atoms with Gasteiger partial charge in [-0.25, -0.2) is 0 Å². The van der Waals surface area contributed by atoms with Crippen LogP contribution in [-0.4, -0.2) is 5.78 Å². The maximum atomic E-state index is 11.0. The topological polar surface area (TPSA) is 17.1 Å². The molecule has 1 aromatic carbocycles. The third-order valence-corrected chi connectivity index (χ3v) is 1.87. The summed E-state index contributed by atoms with van der Waals surface area (Å²) in [5, 5.41) is 0. The van der Waals surface area contributed by atoms with Gasteiger partial charge < -0.3 is 0 Å². The molecule has 0 unspecified atom stereocenters. The van der Waals surface area contributed by atoms with Gasteiger partial charge in [-0.15, -0.1) is 0 Å². The molecular formula is C11H14O. The lowest BCUT2D eigenvalue weighted by molar-refractivity contribution is 0.101. The van der Waals surface area contributed by atoms with E-state index in [-0.39, 0.29) is 5.78 Å². The Morgan fingerprint density at radius 2 is 2.17 bits per heavy atom.